The highest BCUT2D eigenvalue weighted by atomic mass is 16.5. The Morgan fingerprint density at radius 2 is 2.24 bits per heavy atom. The highest BCUT2D eigenvalue weighted by molar-refractivity contribution is 5.81. The van der Waals surface area contributed by atoms with Gasteiger partial charge in [-0.05, 0) is 46.6 Å². The number of ether oxygens (including phenoxy) is 1. The molecule has 17 heavy (non-hydrogen) atoms. The minimum Gasteiger partial charge on any atom is -0.497 e. The summed E-state index contributed by atoms with van der Waals surface area (Å²) in [5.74, 6) is 0.0313. The van der Waals surface area contributed by atoms with Gasteiger partial charge in [0.1, 0.15) is 6.10 Å². The van der Waals surface area contributed by atoms with Gasteiger partial charge in [-0.1, -0.05) is 0 Å². The van der Waals surface area contributed by atoms with Gasteiger partial charge in [0.2, 0.25) is 5.91 Å². The molecule has 1 rings (SSSR count). The maximum atomic E-state index is 11.8. The van der Waals surface area contributed by atoms with Crippen LogP contribution in [0.4, 0.5) is 0 Å². The summed E-state index contributed by atoms with van der Waals surface area (Å²) in [6.45, 7) is 8.52. The van der Waals surface area contributed by atoms with Gasteiger partial charge in [-0.15, -0.1) is 0 Å². The number of hydrogen-bond donors (Lipinski definition) is 2. The summed E-state index contributed by atoms with van der Waals surface area (Å²) >= 11 is 0. The lowest BCUT2D eigenvalue weighted by Gasteiger charge is -2.25. The van der Waals surface area contributed by atoms with E-state index in [-0.39, 0.29) is 23.6 Å². The number of rotatable bonds is 4. The van der Waals surface area contributed by atoms with Crippen molar-refractivity contribution in [3.63, 3.8) is 0 Å². The maximum Gasteiger partial charge on any atom is 0.237 e. The molecule has 0 radical (unpaired) electrons. The quantitative estimate of drug-likeness (QED) is 0.784. The van der Waals surface area contributed by atoms with Crippen molar-refractivity contribution in [2.75, 3.05) is 6.54 Å². The summed E-state index contributed by atoms with van der Waals surface area (Å²) in [4.78, 5) is 11.8. The lowest BCUT2D eigenvalue weighted by molar-refractivity contribution is -0.124. The second-order valence-electron chi connectivity index (χ2n) is 5.58. The molecule has 1 aliphatic rings. The molecule has 0 spiro atoms. The van der Waals surface area contributed by atoms with E-state index in [1.807, 2.05) is 33.8 Å². The number of hydrogen-bond acceptors (Lipinski definition) is 3. The van der Waals surface area contributed by atoms with Crippen molar-refractivity contribution in [3.8, 4) is 0 Å². The number of amides is 1. The summed E-state index contributed by atoms with van der Waals surface area (Å²) in [5.41, 5.74) is -0.183. The standard InChI is InChI=1S/C13H24N2O2/c1-10(12(16)15-13(2,3)4)14-9-11-7-5-6-8-17-11/h6,8,10-11,14H,5,7,9H2,1-4H3,(H,15,16). The van der Waals surface area contributed by atoms with E-state index in [1.165, 1.54) is 0 Å². The molecule has 2 unspecified atom stereocenters. The Labute approximate surface area is 104 Å². The molecule has 0 aliphatic carbocycles. The fraction of sp³-hybridized carbons (Fsp3) is 0.769. The fourth-order valence-electron chi connectivity index (χ4n) is 1.61. The van der Waals surface area contributed by atoms with Gasteiger partial charge in [-0.2, -0.15) is 0 Å². The second-order valence-corrected chi connectivity index (χ2v) is 5.58. The van der Waals surface area contributed by atoms with Crippen molar-refractivity contribution in [2.24, 2.45) is 0 Å². The van der Waals surface area contributed by atoms with Gasteiger partial charge in [0.15, 0.2) is 0 Å². The molecule has 0 aromatic rings. The molecule has 1 amide bonds. The molecule has 1 heterocycles. The number of allylic oxidation sites excluding steroid dienone is 1. The van der Waals surface area contributed by atoms with Gasteiger partial charge in [0.25, 0.3) is 0 Å². The third-order valence-corrected chi connectivity index (χ3v) is 2.57. The smallest absolute Gasteiger partial charge is 0.237 e. The topological polar surface area (TPSA) is 50.4 Å². The summed E-state index contributed by atoms with van der Waals surface area (Å²) < 4.78 is 5.43. The molecule has 98 valence electrons. The lowest BCUT2D eigenvalue weighted by atomic mass is 10.1. The number of carbonyl (C=O) groups is 1. The molecule has 0 bridgehead atoms. The Morgan fingerprint density at radius 3 is 2.76 bits per heavy atom. The summed E-state index contributed by atoms with van der Waals surface area (Å²) in [5, 5.41) is 6.15. The van der Waals surface area contributed by atoms with Crippen LogP contribution in [0, 0.1) is 0 Å². The minimum absolute atomic E-state index is 0.0313. The van der Waals surface area contributed by atoms with E-state index < -0.39 is 0 Å². The van der Waals surface area contributed by atoms with Gasteiger partial charge in [-0.25, -0.2) is 0 Å². The highest BCUT2D eigenvalue weighted by Crippen LogP contribution is 2.09. The largest absolute Gasteiger partial charge is 0.497 e. The normalized spacial score (nSPS) is 21.8. The number of carbonyl (C=O) groups excluding carboxylic acids is 1. The van der Waals surface area contributed by atoms with Crippen LogP contribution < -0.4 is 10.6 Å². The summed E-state index contributed by atoms with van der Waals surface area (Å²) in [6.07, 6.45) is 6.01. The van der Waals surface area contributed by atoms with Crippen LogP contribution in [0.1, 0.15) is 40.5 Å². The second kappa shape index (κ2) is 6.05. The molecule has 0 saturated carbocycles. The predicted molar refractivity (Wildman–Crippen MR) is 68.6 cm³/mol. The Morgan fingerprint density at radius 1 is 1.53 bits per heavy atom. The van der Waals surface area contributed by atoms with Gasteiger partial charge in [0, 0.05) is 12.1 Å². The first kappa shape index (κ1) is 14.0. The predicted octanol–water partition coefficient (Wildman–Crippen LogP) is 1.57. The van der Waals surface area contributed by atoms with Crippen LogP contribution in [-0.4, -0.2) is 30.1 Å². The van der Waals surface area contributed by atoms with Gasteiger partial charge >= 0.3 is 0 Å². The minimum atomic E-state index is -0.191. The average Bonchev–Trinajstić information content (AvgIpc) is 2.25. The average molecular weight is 240 g/mol. The molecular weight excluding hydrogens is 216 g/mol. The Kier molecular flexibility index (Phi) is 5.00. The molecule has 0 saturated heterocycles. The van der Waals surface area contributed by atoms with E-state index in [2.05, 4.69) is 10.6 Å². The first-order valence-electron chi connectivity index (χ1n) is 6.24. The molecule has 2 atom stereocenters. The van der Waals surface area contributed by atoms with Crippen molar-refractivity contribution >= 4 is 5.91 Å². The van der Waals surface area contributed by atoms with Crippen molar-refractivity contribution in [2.45, 2.75) is 58.2 Å². The van der Waals surface area contributed by atoms with Crippen LogP contribution in [0.25, 0.3) is 0 Å². The zero-order valence-electron chi connectivity index (χ0n) is 11.2. The van der Waals surface area contributed by atoms with Crippen LogP contribution >= 0.6 is 0 Å². The zero-order valence-corrected chi connectivity index (χ0v) is 11.2. The molecule has 0 fully saturated rings. The van der Waals surface area contributed by atoms with Crippen LogP contribution in [0.2, 0.25) is 0 Å². The van der Waals surface area contributed by atoms with Crippen molar-refractivity contribution in [3.05, 3.63) is 12.3 Å². The van der Waals surface area contributed by atoms with Crippen molar-refractivity contribution in [1.29, 1.82) is 0 Å². The van der Waals surface area contributed by atoms with Crippen LogP contribution in [0.15, 0.2) is 12.3 Å². The molecule has 2 N–H and O–H groups in total. The van der Waals surface area contributed by atoms with E-state index in [9.17, 15) is 4.79 Å². The molecule has 1 aliphatic heterocycles. The van der Waals surface area contributed by atoms with Crippen LogP contribution in [-0.2, 0) is 9.53 Å². The molecule has 0 aromatic carbocycles. The first-order valence-corrected chi connectivity index (χ1v) is 6.24. The van der Waals surface area contributed by atoms with Gasteiger partial charge < -0.3 is 15.4 Å². The summed E-state index contributed by atoms with van der Waals surface area (Å²) in [7, 11) is 0. The Balaban J connectivity index is 2.26. The third-order valence-electron chi connectivity index (χ3n) is 2.57. The zero-order chi connectivity index (χ0) is 12.9. The molecule has 0 aromatic heterocycles. The first-order chi connectivity index (χ1) is 7.88. The SMILES string of the molecule is CC(NCC1CCC=CO1)C(=O)NC(C)(C)C. The Hall–Kier alpha value is -1.03. The molecular formula is C13H24N2O2. The van der Waals surface area contributed by atoms with E-state index in [4.69, 9.17) is 4.74 Å². The lowest BCUT2D eigenvalue weighted by Crippen LogP contribution is -2.50. The van der Waals surface area contributed by atoms with Crippen molar-refractivity contribution in [1.82, 2.24) is 10.6 Å². The third kappa shape index (κ3) is 5.73. The summed E-state index contributed by atoms with van der Waals surface area (Å²) in [6, 6.07) is -0.191. The molecule has 4 nitrogen and oxygen atoms in total. The molecule has 4 heteroatoms. The van der Waals surface area contributed by atoms with Crippen LogP contribution in [0.5, 0.6) is 0 Å². The van der Waals surface area contributed by atoms with Gasteiger partial charge in [-0.3, -0.25) is 4.79 Å². The maximum absolute atomic E-state index is 11.8. The van der Waals surface area contributed by atoms with Crippen molar-refractivity contribution < 1.29 is 9.53 Å². The highest BCUT2D eigenvalue weighted by Gasteiger charge is 2.20. The van der Waals surface area contributed by atoms with Crippen LogP contribution in [0.3, 0.4) is 0 Å². The van der Waals surface area contributed by atoms with E-state index in [0.29, 0.717) is 6.54 Å². The van der Waals surface area contributed by atoms with Gasteiger partial charge in [0.05, 0.1) is 12.3 Å². The fourth-order valence-corrected chi connectivity index (χ4v) is 1.61. The number of nitrogens with one attached hydrogen (secondary N) is 2. The monoisotopic (exact) mass is 240 g/mol. The van der Waals surface area contributed by atoms with E-state index >= 15 is 0 Å². The van der Waals surface area contributed by atoms with E-state index in [1.54, 1.807) is 6.26 Å². The Bertz CT molecular complexity index is 282. The van der Waals surface area contributed by atoms with E-state index in [0.717, 1.165) is 12.8 Å².